The summed E-state index contributed by atoms with van der Waals surface area (Å²) in [6, 6.07) is 9.66. The highest BCUT2D eigenvalue weighted by atomic mass is 35.5. The summed E-state index contributed by atoms with van der Waals surface area (Å²) in [5.74, 6) is -0.153. The standard InChI is InChI=1S/C19H16Cl3N3O3/c20-14-6-4-13(16(22)12-14)5-7-18(26)23-8-10-24(11-9-23)19-15(21)2-1-3-17(19)25(27)28/h1-7,12H,8-11H2/b7-5+. The largest absolute Gasteiger partial charge is 0.361 e. The van der Waals surface area contributed by atoms with Crippen molar-refractivity contribution in [3.8, 4) is 0 Å². The van der Waals surface area contributed by atoms with Crippen LogP contribution in [0.4, 0.5) is 11.4 Å². The molecule has 1 saturated heterocycles. The molecule has 3 rings (SSSR count). The normalized spacial score (nSPS) is 14.5. The van der Waals surface area contributed by atoms with E-state index in [1.54, 1.807) is 41.3 Å². The second kappa shape index (κ2) is 8.82. The summed E-state index contributed by atoms with van der Waals surface area (Å²) >= 11 is 18.2. The van der Waals surface area contributed by atoms with E-state index in [1.165, 1.54) is 12.1 Å². The van der Waals surface area contributed by atoms with E-state index >= 15 is 0 Å². The van der Waals surface area contributed by atoms with Gasteiger partial charge in [-0.25, -0.2) is 0 Å². The maximum absolute atomic E-state index is 12.5. The second-order valence-corrected chi connectivity index (χ2v) is 7.43. The zero-order chi connectivity index (χ0) is 20.3. The van der Waals surface area contributed by atoms with Crippen LogP contribution in [0.25, 0.3) is 6.08 Å². The van der Waals surface area contributed by atoms with Gasteiger partial charge in [-0.15, -0.1) is 0 Å². The van der Waals surface area contributed by atoms with Gasteiger partial charge in [-0.05, 0) is 29.8 Å². The summed E-state index contributed by atoms with van der Waals surface area (Å²) in [4.78, 5) is 26.8. The number of nitrogens with zero attached hydrogens (tertiary/aromatic N) is 3. The lowest BCUT2D eigenvalue weighted by molar-refractivity contribution is -0.384. The maximum Gasteiger partial charge on any atom is 0.294 e. The number of nitro groups is 1. The highest BCUT2D eigenvalue weighted by Crippen LogP contribution is 2.35. The molecule has 2 aromatic carbocycles. The fourth-order valence-electron chi connectivity index (χ4n) is 3.02. The van der Waals surface area contributed by atoms with Crippen molar-refractivity contribution in [2.75, 3.05) is 31.1 Å². The summed E-state index contributed by atoms with van der Waals surface area (Å²) in [5.41, 5.74) is 1.05. The SMILES string of the molecule is O=C(/C=C/c1ccc(Cl)cc1Cl)N1CCN(c2c(Cl)cccc2[N+](=O)[O-])CC1. The molecule has 1 amide bonds. The highest BCUT2D eigenvalue weighted by Gasteiger charge is 2.27. The maximum atomic E-state index is 12.5. The van der Waals surface area contributed by atoms with E-state index in [-0.39, 0.29) is 11.6 Å². The van der Waals surface area contributed by atoms with Crippen molar-refractivity contribution in [2.24, 2.45) is 0 Å². The van der Waals surface area contributed by atoms with Gasteiger partial charge in [0, 0.05) is 48.4 Å². The zero-order valence-electron chi connectivity index (χ0n) is 14.6. The van der Waals surface area contributed by atoms with Gasteiger partial charge in [0.1, 0.15) is 5.69 Å². The minimum Gasteiger partial charge on any atom is -0.361 e. The number of benzene rings is 2. The second-order valence-electron chi connectivity index (χ2n) is 6.18. The topological polar surface area (TPSA) is 66.7 Å². The molecule has 0 aliphatic carbocycles. The zero-order valence-corrected chi connectivity index (χ0v) is 16.9. The van der Waals surface area contributed by atoms with Gasteiger partial charge in [0.05, 0.1) is 9.95 Å². The lowest BCUT2D eigenvalue weighted by Gasteiger charge is -2.35. The average Bonchev–Trinajstić information content (AvgIpc) is 2.67. The molecule has 0 bridgehead atoms. The first-order valence-corrected chi connectivity index (χ1v) is 9.60. The average molecular weight is 441 g/mol. The van der Waals surface area contributed by atoms with Crippen LogP contribution in [-0.2, 0) is 4.79 Å². The van der Waals surface area contributed by atoms with Crippen LogP contribution >= 0.6 is 34.8 Å². The van der Waals surface area contributed by atoms with Gasteiger partial charge in [-0.3, -0.25) is 14.9 Å². The number of para-hydroxylation sites is 1. The Bertz CT molecular complexity index is 941. The van der Waals surface area contributed by atoms with Gasteiger partial charge in [-0.2, -0.15) is 0 Å². The van der Waals surface area contributed by atoms with Crippen molar-refractivity contribution < 1.29 is 9.72 Å². The van der Waals surface area contributed by atoms with E-state index < -0.39 is 4.92 Å². The predicted octanol–water partition coefficient (Wildman–Crippen LogP) is 4.92. The minimum absolute atomic E-state index is 0.0375. The van der Waals surface area contributed by atoms with Crippen LogP contribution in [0, 0.1) is 10.1 Å². The lowest BCUT2D eigenvalue weighted by Crippen LogP contribution is -2.48. The van der Waals surface area contributed by atoms with Crippen molar-refractivity contribution >= 4 is 58.2 Å². The molecule has 0 aromatic heterocycles. The molecule has 1 heterocycles. The van der Waals surface area contributed by atoms with Crippen LogP contribution in [0.2, 0.25) is 15.1 Å². The molecule has 9 heteroatoms. The Kier molecular flexibility index (Phi) is 6.44. The predicted molar refractivity (Wildman–Crippen MR) is 112 cm³/mol. The van der Waals surface area contributed by atoms with E-state index in [2.05, 4.69) is 0 Å². The Labute approximate surface area is 177 Å². The first-order valence-electron chi connectivity index (χ1n) is 8.46. The van der Waals surface area contributed by atoms with Gasteiger partial charge in [0.15, 0.2) is 0 Å². The summed E-state index contributed by atoms with van der Waals surface area (Å²) < 4.78 is 0. The molecule has 0 N–H and O–H groups in total. The van der Waals surface area contributed by atoms with Gasteiger partial charge in [0.2, 0.25) is 5.91 Å². The molecule has 1 aliphatic rings. The molecule has 1 fully saturated rings. The summed E-state index contributed by atoms with van der Waals surface area (Å²) in [7, 11) is 0. The number of halogens is 3. The molecular formula is C19H16Cl3N3O3. The number of carbonyl (C=O) groups is 1. The lowest BCUT2D eigenvalue weighted by atomic mass is 10.2. The Hall–Kier alpha value is -2.28. The monoisotopic (exact) mass is 439 g/mol. The molecule has 0 atom stereocenters. The van der Waals surface area contributed by atoms with Crippen molar-refractivity contribution in [2.45, 2.75) is 0 Å². The quantitative estimate of drug-likeness (QED) is 0.384. The van der Waals surface area contributed by atoms with Crippen LogP contribution in [-0.4, -0.2) is 41.9 Å². The number of anilines is 1. The third-order valence-electron chi connectivity index (χ3n) is 4.44. The summed E-state index contributed by atoms with van der Waals surface area (Å²) in [5, 5.41) is 12.6. The minimum atomic E-state index is -0.447. The number of nitro benzene ring substituents is 1. The Morgan fingerprint density at radius 2 is 1.75 bits per heavy atom. The number of amides is 1. The van der Waals surface area contributed by atoms with E-state index in [0.717, 1.165) is 0 Å². The Morgan fingerprint density at radius 1 is 1.04 bits per heavy atom. The number of hydrogen-bond acceptors (Lipinski definition) is 4. The number of piperazine rings is 1. The molecule has 146 valence electrons. The van der Waals surface area contributed by atoms with E-state index in [9.17, 15) is 14.9 Å². The third-order valence-corrected chi connectivity index (χ3v) is 5.31. The molecule has 6 nitrogen and oxygen atoms in total. The summed E-state index contributed by atoms with van der Waals surface area (Å²) in [6.07, 6.45) is 3.11. The van der Waals surface area contributed by atoms with E-state index in [1.807, 2.05) is 4.90 Å². The van der Waals surface area contributed by atoms with Crippen LogP contribution < -0.4 is 4.90 Å². The molecule has 0 saturated carbocycles. The summed E-state index contributed by atoms with van der Waals surface area (Å²) in [6.45, 7) is 1.76. The first kappa shape index (κ1) is 20.5. The smallest absolute Gasteiger partial charge is 0.294 e. The van der Waals surface area contributed by atoms with Gasteiger partial charge in [-0.1, -0.05) is 46.9 Å². The van der Waals surface area contributed by atoms with E-state index in [0.29, 0.717) is 52.5 Å². The molecule has 2 aromatic rings. The Balaban J connectivity index is 1.66. The Morgan fingerprint density at radius 3 is 2.39 bits per heavy atom. The van der Waals surface area contributed by atoms with Gasteiger partial charge < -0.3 is 9.80 Å². The van der Waals surface area contributed by atoms with Crippen molar-refractivity contribution in [3.05, 3.63) is 73.2 Å². The molecular weight excluding hydrogens is 425 g/mol. The highest BCUT2D eigenvalue weighted by molar-refractivity contribution is 6.35. The third kappa shape index (κ3) is 4.58. The van der Waals surface area contributed by atoms with Crippen LogP contribution in [0.15, 0.2) is 42.5 Å². The molecule has 0 unspecified atom stereocenters. The number of rotatable bonds is 4. The van der Waals surface area contributed by atoms with Crippen molar-refractivity contribution in [1.82, 2.24) is 4.90 Å². The fraction of sp³-hybridized carbons (Fsp3) is 0.211. The number of hydrogen-bond donors (Lipinski definition) is 0. The van der Waals surface area contributed by atoms with Gasteiger partial charge >= 0.3 is 0 Å². The molecule has 1 aliphatic heterocycles. The van der Waals surface area contributed by atoms with Crippen molar-refractivity contribution in [1.29, 1.82) is 0 Å². The van der Waals surface area contributed by atoms with Crippen molar-refractivity contribution in [3.63, 3.8) is 0 Å². The fourth-order valence-corrected chi connectivity index (χ4v) is 3.78. The van der Waals surface area contributed by atoms with Crippen LogP contribution in [0.3, 0.4) is 0 Å². The van der Waals surface area contributed by atoms with E-state index in [4.69, 9.17) is 34.8 Å². The first-order chi connectivity index (χ1) is 13.4. The number of carbonyl (C=O) groups excluding carboxylic acids is 1. The van der Waals surface area contributed by atoms with Crippen LogP contribution in [0.1, 0.15) is 5.56 Å². The van der Waals surface area contributed by atoms with Crippen LogP contribution in [0.5, 0.6) is 0 Å². The molecule has 28 heavy (non-hydrogen) atoms. The molecule has 0 spiro atoms. The van der Waals surface area contributed by atoms with Gasteiger partial charge in [0.25, 0.3) is 5.69 Å². The molecule has 0 radical (unpaired) electrons.